The number of hydrogen-bond donors (Lipinski definition) is 2. The normalized spacial score (nSPS) is 16.2. The van der Waals surface area contributed by atoms with Crippen LogP contribution < -0.4 is 25.6 Å². The van der Waals surface area contributed by atoms with Crippen LogP contribution in [0.15, 0.2) is 65.3 Å². The van der Waals surface area contributed by atoms with E-state index in [1.807, 2.05) is 0 Å². The third kappa shape index (κ3) is 7.76. The number of halogens is 1. The van der Waals surface area contributed by atoms with Crippen LogP contribution in [0.5, 0.6) is 5.75 Å². The molecule has 0 unspecified atom stereocenters. The van der Waals surface area contributed by atoms with Gasteiger partial charge in [0.1, 0.15) is 11.6 Å². The summed E-state index contributed by atoms with van der Waals surface area (Å²) in [6, 6.07) is 20.1. The van der Waals surface area contributed by atoms with Gasteiger partial charge in [-0.2, -0.15) is 4.98 Å². The van der Waals surface area contributed by atoms with Gasteiger partial charge in [-0.3, -0.25) is 4.90 Å². The van der Waals surface area contributed by atoms with Crippen molar-refractivity contribution in [2.75, 3.05) is 75.4 Å². The lowest BCUT2D eigenvalue weighted by Crippen LogP contribution is -2.49. The fourth-order valence-corrected chi connectivity index (χ4v) is 8.40. The first-order chi connectivity index (χ1) is 23.1. The zero-order valence-corrected chi connectivity index (χ0v) is 31.3. The van der Waals surface area contributed by atoms with E-state index >= 15 is 0 Å². The number of rotatable bonds is 10. The Balaban J connectivity index is 1.23. The van der Waals surface area contributed by atoms with E-state index < -0.39 is 6.89 Å². The van der Waals surface area contributed by atoms with Crippen LogP contribution >= 0.6 is 22.8 Å². The molecule has 2 aliphatic heterocycles. The first kappa shape index (κ1) is 34.5. The van der Waals surface area contributed by atoms with Gasteiger partial charge < -0.3 is 25.0 Å². The molecule has 0 atom stereocenters. The first-order valence-electron chi connectivity index (χ1n) is 16.9. The average molecular weight is 732 g/mol. The maximum atomic E-state index is 5.93. The predicted molar refractivity (Wildman–Crippen MR) is 208 cm³/mol. The summed E-state index contributed by atoms with van der Waals surface area (Å²) in [7, 11) is 1.72. The molecule has 3 heterocycles. The molecule has 0 saturated carbocycles. The van der Waals surface area contributed by atoms with Crippen molar-refractivity contribution in [2.45, 2.75) is 39.2 Å². The van der Waals surface area contributed by atoms with E-state index in [2.05, 4.69) is 129 Å². The van der Waals surface area contributed by atoms with Gasteiger partial charge in [-0.15, -0.1) is 0 Å². The standard InChI is InChI=1S/C38H48BrN6O2P/c1-7-27-22-33(35(46-3)24-34(27)45-16-14-29(15-17-45)44-18-20-47-21-19-44)42-38-40-25-31(39)37(43-38)41-32-13-12-28(23-36(32)48(4,5)6)30-11-9-8-10-26(30)2/h8-13,22-25,29H,4,7,14-21H2,1-3,5-6H3,(H2,40,41,42,43). The van der Waals surface area contributed by atoms with Crippen LogP contribution in [0.3, 0.4) is 0 Å². The fourth-order valence-electron chi connectivity index (χ4n) is 6.84. The van der Waals surface area contributed by atoms with Gasteiger partial charge in [-0.05, 0) is 101 Å². The van der Waals surface area contributed by atoms with Gasteiger partial charge in [0, 0.05) is 55.9 Å². The van der Waals surface area contributed by atoms with Crippen molar-refractivity contribution in [1.29, 1.82) is 0 Å². The van der Waals surface area contributed by atoms with Crippen molar-refractivity contribution >= 4 is 63.2 Å². The molecular weight excluding hydrogens is 683 g/mol. The number of hydrogen-bond acceptors (Lipinski definition) is 8. The van der Waals surface area contributed by atoms with Gasteiger partial charge in [0.25, 0.3) is 0 Å². The van der Waals surface area contributed by atoms with Crippen molar-refractivity contribution < 1.29 is 9.47 Å². The summed E-state index contributed by atoms with van der Waals surface area (Å²) in [5.74, 6) is 1.94. The van der Waals surface area contributed by atoms with Gasteiger partial charge in [0.2, 0.25) is 5.95 Å². The van der Waals surface area contributed by atoms with Gasteiger partial charge in [0.15, 0.2) is 0 Å². The van der Waals surface area contributed by atoms with E-state index in [-0.39, 0.29) is 0 Å². The van der Waals surface area contributed by atoms with Gasteiger partial charge in [-0.25, -0.2) is 4.98 Å². The maximum Gasteiger partial charge on any atom is 0.229 e. The van der Waals surface area contributed by atoms with E-state index in [1.54, 1.807) is 13.3 Å². The zero-order valence-electron chi connectivity index (χ0n) is 28.9. The van der Waals surface area contributed by atoms with Crippen LogP contribution in [-0.2, 0) is 11.2 Å². The number of morpholine rings is 1. The second-order valence-corrected chi connectivity index (χ2v) is 18.0. The fraction of sp³-hybridized carbons (Fsp3) is 0.395. The van der Waals surface area contributed by atoms with Crippen molar-refractivity contribution in [1.82, 2.24) is 14.9 Å². The zero-order chi connectivity index (χ0) is 33.8. The molecule has 6 rings (SSSR count). The highest BCUT2D eigenvalue weighted by Gasteiger charge is 2.27. The number of nitrogens with zero attached hydrogens (tertiary/aromatic N) is 4. The number of aryl methyl sites for hydroxylation is 2. The predicted octanol–water partition coefficient (Wildman–Crippen LogP) is 7.91. The second kappa shape index (κ2) is 15.0. The lowest BCUT2D eigenvalue weighted by Gasteiger charge is -2.41. The van der Waals surface area contributed by atoms with Gasteiger partial charge >= 0.3 is 0 Å². The van der Waals surface area contributed by atoms with Gasteiger partial charge in [-0.1, -0.05) is 50.4 Å². The Hall–Kier alpha value is -3.36. The monoisotopic (exact) mass is 730 g/mol. The number of benzene rings is 3. The molecule has 0 spiro atoms. The van der Waals surface area contributed by atoms with Crippen molar-refractivity contribution in [3.8, 4) is 16.9 Å². The number of anilines is 5. The van der Waals surface area contributed by atoms with E-state index in [1.165, 1.54) is 33.2 Å². The highest BCUT2D eigenvalue weighted by atomic mass is 79.9. The second-order valence-electron chi connectivity index (χ2n) is 13.3. The average Bonchev–Trinajstić information content (AvgIpc) is 3.10. The van der Waals surface area contributed by atoms with E-state index in [0.717, 1.165) is 80.3 Å². The Morgan fingerprint density at radius 3 is 2.44 bits per heavy atom. The third-order valence-corrected chi connectivity index (χ3v) is 11.8. The third-order valence-electron chi connectivity index (χ3n) is 9.50. The lowest BCUT2D eigenvalue weighted by molar-refractivity contribution is 0.0115. The molecule has 2 N–H and O–H groups in total. The highest BCUT2D eigenvalue weighted by molar-refractivity contribution is 9.10. The Labute approximate surface area is 294 Å². The minimum Gasteiger partial charge on any atom is -0.494 e. The smallest absolute Gasteiger partial charge is 0.229 e. The Bertz CT molecular complexity index is 1800. The number of nitrogens with one attached hydrogen (secondary N) is 2. The molecule has 0 radical (unpaired) electrons. The molecule has 0 aliphatic carbocycles. The number of ether oxygens (including phenoxy) is 2. The SMILES string of the molecule is C=P(C)(C)c1cc(-c2ccccc2C)ccc1Nc1nc(Nc2cc(CC)c(N3CCC(N4CCOCC4)CC3)cc2OC)ncc1Br. The van der Waals surface area contributed by atoms with Gasteiger partial charge in [0.05, 0.1) is 30.5 Å². The van der Waals surface area contributed by atoms with Crippen molar-refractivity contribution in [3.63, 3.8) is 0 Å². The van der Waals surface area contributed by atoms with Crippen LogP contribution in [0.4, 0.5) is 28.8 Å². The molecule has 3 aromatic carbocycles. The molecule has 8 nitrogen and oxygen atoms in total. The molecular formula is C38H48BrN6O2P. The quantitative estimate of drug-likeness (QED) is 0.160. The molecule has 2 fully saturated rings. The Morgan fingerprint density at radius 2 is 1.75 bits per heavy atom. The minimum atomic E-state index is -1.65. The molecule has 4 aromatic rings. The summed E-state index contributed by atoms with van der Waals surface area (Å²) in [6.45, 7) is 13.1. The Kier molecular flexibility index (Phi) is 10.8. The summed E-state index contributed by atoms with van der Waals surface area (Å²) in [6.07, 6.45) is 9.61. The van der Waals surface area contributed by atoms with Crippen LogP contribution in [0, 0.1) is 6.92 Å². The topological polar surface area (TPSA) is 74.8 Å². The number of methoxy groups -OCH3 is 1. The lowest BCUT2D eigenvalue weighted by atomic mass is 10.00. The molecule has 2 aliphatic rings. The van der Waals surface area contributed by atoms with E-state index in [4.69, 9.17) is 14.5 Å². The number of piperidine rings is 1. The van der Waals surface area contributed by atoms with Crippen LogP contribution in [0.1, 0.15) is 30.9 Å². The maximum absolute atomic E-state index is 5.93. The van der Waals surface area contributed by atoms with E-state index in [0.29, 0.717) is 17.8 Å². The molecule has 2 saturated heterocycles. The molecule has 0 bridgehead atoms. The molecule has 48 heavy (non-hydrogen) atoms. The van der Waals surface area contributed by atoms with Crippen molar-refractivity contribution in [2.24, 2.45) is 0 Å². The summed E-state index contributed by atoms with van der Waals surface area (Å²) < 4.78 is 12.3. The molecule has 254 valence electrons. The summed E-state index contributed by atoms with van der Waals surface area (Å²) in [5, 5.41) is 8.27. The van der Waals surface area contributed by atoms with Crippen LogP contribution in [0.25, 0.3) is 11.1 Å². The Morgan fingerprint density at radius 1 is 1.00 bits per heavy atom. The molecule has 0 amide bonds. The van der Waals surface area contributed by atoms with Crippen LogP contribution in [0.2, 0.25) is 0 Å². The first-order valence-corrected chi connectivity index (χ1v) is 20.5. The molecule has 10 heteroatoms. The summed E-state index contributed by atoms with van der Waals surface area (Å²) in [4.78, 5) is 14.7. The molecule has 1 aromatic heterocycles. The highest BCUT2D eigenvalue weighted by Crippen LogP contribution is 2.41. The largest absolute Gasteiger partial charge is 0.494 e. The van der Waals surface area contributed by atoms with Crippen molar-refractivity contribution in [3.05, 3.63) is 76.4 Å². The minimum absolute atomic E-state index is 0.488. The summed E-state index contributed by atoms with van der Waals surface area (Å²) >= 11 is 3.68. The van der Waals surface area contributed by atoms with Crippen LogP contribution in [-0.4, -0.2) is 87.0 Å². The summed E-state index contributed by atoms with van der Waals surface area (Å²) in [5.41, 5.74) is 8.05. The van der Waals surface area contributed by atoms with E-state index in [9.17, 15) is 0 Å². The number of aromatic nitrogens is 2.